The van der Waals surface area contributed by atoms with Gasteiger partial charge in [-0.1, -0.05) is 181 Å². The van der Waals surface area contributed by atoms with Crippen LogP contribution >= 0.6 is 0 Å². The minimum absolute atomic E-state index is 0.0225. The molecule has 0 amide bonds. The first-order valence-electron chi connectivity index (χ1n) is 23.6. The van der Waals surface area contributed by atoms with Crippen LogP contribution in [0.2, 0.25) is 0 Å². The van der Waals surface area contributed by atoms with Gasteiger partial charge in [-0.15, -0.1) is 0 Å². The largest absolute Gasteiger partial charge is 0.466 e. The third kappa shape index (κ3) is 27.5. The molecule has 2 heterocycles. The fourth-order valence-electron chi connectivity index (χ4n) is 8.87. The molecule has 5 nitrogen and oxygen atoms in total. The van der Waals surface area contributed by atoms with E-state index in [1.807, 2.05) is 0 Å². The van der Waals surface area contributed by atoms with E-state index in [0.717, 1.165) is 44.4 Å². The lowest BCUT2D eigenvalue weighted by molar-refractivity contribution is -0.145. The van der Waals surface area contributed by atoms with Gasteiger partial charge in [-0.05, 0) is 82.3 Å². The van der Waals surface area contributed by atoms with Crippen LogP contribution in [0, 0.1) is 17.8 Å². The van der Waals surface area contributed by atoms with Crippen molar-refractivity contribution < 1.29 is 19.1 Å². The van der Waals surface area contributed by atoms with Gasteiger partial charge in [0.1, 0.15) is 0 Å². The molecule has 0 aromatic carbocycles. The lowest BCUT2D eigenvalue weighted by atomic mass is 9.90. The zero-order valence-electron chi connectivity index (χ0n) is 35.1. The fourth-order valence-corrected chi connectivity index (χ4v) is 8.87. The monoisotopic (exact) mass is 732 g/mol. The summed E-state index contributed by atoms with van der Waals surface area (Å²) in [5, 5.41) is 0. The van der Waals surface area contributed by atoms with Crippen LogP contribution in [0.4, 0.5) is 0 Å². The van der Waals surface area contributed by atoms with Crippen molar-refractivity contribution in [3.63, 3.8) is 0 Å². The summed E-state index contributed by atoms with van der Waals surface area (Å²) in [6.45, 7) is 9.73. The Balaban J connectivity index is 1.78. The number of rotatable bonds is 9. The van der Waals surface area contributed by atoms with Gasteiger partial charge in [0, 0.05) is 12.8 Å². The topological polar surface area (TPSA) is 55.8 Å². The lowest BCUT2D eigenvalue weighted by Gasteiger charge is -2.21. The van der Waals surface area contributed by atoms with Gasteiger partial charge in [0.15, 0.2) is 0 Å². The molecule has 0 saturated carbocycles. The Hall–Kier alpha value is -1.10. The first-order chi connectivity index (χ1) is 25.6. The molecule has 306 valence electrons. The molecule has 0 aromatic heterocycles. The highest BCUT2D eigenvalue weighted by atomic mass is 16.5. The van der Waals surface area contributed by atoms with Crippen molar-refractivity contribution in [1.29, 1.82) is 0 Å². The summed E-state index contributed by atoms with van der Waals surface area (Å²) in [5.41, 5.74) is 0. The molecule has 52 heavy (non-hydrogen) atoms. The molecule has 0 spiro atoms. The highest BCUT2D eigenvalue weighted by Crippen LogP contribution is 2.26. The molecule has 0 bridgehead atoms. The van der Waals surface area contributed by atoms with E-state index in [1.165, 1.54) is 193 Å². The number of esters is 2. The zero-order valence-corrected chi connectivity index (χ0v) is 35.1. The highest BCUT2D eigenvalue weighted by Gasteiger charge is 2.16. The summed E-state index contributed by atoms with van der Waals surface area (Å²) in [7, 11) is 0. The molecule has 0 radical (unpaired) electrons. The normalized spacial score (nSPS) is 26.1. The number of hydrogen-bond acceptors (Lipinski definition) is 5. The van der Waals surface area contributed by atoms with Gasteiger partial charge in [0.2, 0.25) is 0 Å². The van der Waals surface area contributed by atoms with Gasteiger partial charge in [-0.3, -0.25) is 9.59 Å². The van der Waals surface area contributed by atoms with Crippen LogP contribution in [0.1, 0.15) is 239 Å². The minimum atomic E-state index is 0.0225. The van der Waals surface area contributed by atoms with Crippen LogP contribution in [0.25, 0.3) is 0 Å². The Morgan fingerprint density at radius 1 is 0.442 bits per heavy atom. The number of nitrogens with zero attached hydrogens (tertiary/aromatic N) is 1. The van der Waals surface area contributed by atoms with Crippen molar-refractivity contribution in [3.05, 3.63) is 0 Å². The Labute approximate surface area is 324 Å². The van der Waals surface area contributed by atoms with Gasteiger partial charge in [-0.25, -0.2) is 0 Å². The summed E-state index contributed by atoms with van der Waals surface area (Å²) >= 11 is 0. The van der Waals surface area contributed by atoms with Crippen molar-refractivity contribution in [2.45, 2.75) is 239 Å². The van der Waals surface area contributed by atoms with Crippen LogP contribution in [0.5, 0.6) is 0 Å². The summed E-state index contributed by atoms with van der Waals surface area (Å²) in [5.74, 6) is 2.32. The second kappa shape index (κ2) is 34.4. The molecule has 2 aliphatic rings. The average Bonchev–Trinajstić information content (AvgIpc) is 3.67. The van der Waals surface area contributed by atoms with Crippen LogP contribution in [-0.4, -0.2) is 49.7 Å². The number of ether oxygens (including phenoxy) is 2. The van der Waals surface area contributed by atoms with E-state index in [-0.39, 0.29) is 11.9 Å². The Kier molecular flexibility index (Phi) is 31.1. The van der Waals surface area contributed by atoms with Gasteiger partial charge in [0.25, 0.3) is 0 Å². The molecule has 2 fully saturated rings. The van der Waals surface area contributed by atoms with E-state index in [1.54, 1.807) is 0 Å². The molecule has 0 aliphatic carbocycles. The number of cyclic esters (lactones) is 2. The maximum atomic E-state index is 12.5. The predicted octanol–water partition coefficient (Wildman–Crippen LogP) is 13.9. The third-order valence-corrected chi connectivity index (χ3v) is 12.5. The molecular formula is C47H89NO4. The Bertz CT molecular complexity index is 755. The quantitative estimate of drug-likeness (QED) is 0.221. The predicted molar refractivity (Wildman–Crippen MR) is 222 cm³/mol. The van der Waals surface area contributed by atoms with Gasteiger partial charge >= 0.3 is 11.9 Å². The molecule has 5 heteroatoms. The summed E-state index contributed by atoms with van der Waals surface area (Å²) in [6.07, 6.45) is 43.2. The van der Waals surface area contributed by atoms with Crippen molar-refractivity contribution in [3.8, 4) is 0 Å². The molecule has 2 rings (SSSR count). The van der Waals surface area contributed by atoms with Crippen LogP contribution in [0.15, 0.2) is 0 Å². The van der Waals surface area contributed by atoms with E-state index in [0.29, 0.717) is 37.9 Å². The van der Waals surface area contributed by atoms with Gasteiger partial charge < -0.3 is 14.4 Å². The minimum Gasteiger partial charge on any atom is -0.466 e. The summed E-state index contributed by atoms with van der Waals surface area (Å²) < 4.78 is 11.4. The van der Waals surface area contributed by atoms with E-state index >= 15 is 0 Å². The smallest absolute Gasteiger partial charge is 0.305 e. The van der Waals surface area contributed by atoms with Crippen LogP contribution in [0.3, 0.4) is 0 Å². The molecular weight excluding hydrogens is 643 g/mol. The van der Waals surface area contributed by atoms with E-state index in [2.05, 4.69) is 18.7 Å². The second-order valence-electron chi connectivity index (χ2n) is 17.3. The SMILES string of the molecule is CCCCC1CCCCCCC(CCCC)CCOC(=O)CCCCCCCCCC(CCN2CCCC2)CCCCCCCCCC(=O)OCC1. The van der Waals surface area contributed by atoms with E-state index < -0.39 is 0 Å². The fraction of sp³-hybridized carbons (Fsp3) is 0.957. The summed E-state index contributed by atoms with van der Waals surface area (Å²) in [4.78, 5) is 27.6. The third-order valence-electron chi connectivity index (χ3n) is 12.5. The molecule has 2 saturated heterocycles. The average molecular weight is 732 g/mol. The molecule has 0 aromatic rings. The molecule has 2 atom stereocenters. The first kappa shape index (κ1) is 47.1. The molecule has 2 aliphatic heterocycles. The summed E-state index contributed by atoms with van der Waals surface area (Å²) in [6, 6.07) is 0. The number of hydrogen-bond donors (Lipinski definition) is 0. The van der Waals surface area contributed by atoms with Crippen LogP contribution in [-0.2, 0) is 19.1 Å². The first-order valence-corrected chi connectivity index (χ1v) is 23.6. The van der Waals surface area contributed by atoms with Crippen molar-refractivity contribution in [2.24, 2.45) is 17.8 Å². The molecule has 0 N–H and O–H groups in total. The maximum Gasteiger partial charge on any atom is 0.305 e. The van der Waals surface area contributed by atoms with Crippen molar-refractivity contribution in [2.75, 3.05) is 32.8 Å². The van der Waals surface area contributed by atoms with Crippen molar-refractivity contribution in [1.82, 2.24) is 4.90 Å². The van der Waals surface area contributed by atoms with E-state index in [4.69, 9.17) is 9.47 Å². The Morgan fingerprint density at radius 3 is 1.17 bits per heavy atom. The standard InChI is InChI=1S/C47H89NO4/c1-3-5-27-44-31-21-17-18-22-32-45(28-6-4-2)37-42-52-47(50)34-24-16-12-8-10-14-20-30-43(35-40-48-38-25-26-39-48)29-19-13-9-7-11-15-23-33-46(49)51-41-36-44/h43-45H,3-42H2,1-2H3. The van der Waals surface area contributed by atoms with Gasteiger partial charge in [-0.2, -0.15) is 0 Å². The zero-order chi connectivity index (χ0) is 37.2. The van der Waals surface area contributed by atoms with E-state index in [9.17, 15) is 9.59 Å². The van der Waals surface area contributed by atoms with Crippen LogP contribution < -0.4 is 0 Å². The number of likely N-dealkylation sites (tertiary alicyclic amines) is 1. The Morgan fingerprint density at radius 2 is 0.788 bits per heavy atom. The molecule has 2 unspecified atom stereocenters. The number of carbonyl (C=O) groups excluding carboxylic acids is 2. The van der Waals surface area contributed by atoms with Gasteiger partial charge in [0.05, 0.1) is 13.2 Å². The number of carbonyl (C=O) groups is 2. The second-order valence-corrected chi connectivity index (χ2v) is 17.3. The maximum absolute atomic E-state index is 12.5. The lowest BCUT2D eigenvalue weighted by Crippen LogP contribution is -2.22. The van der Waals surface area contributed by atoms with Crippen molar-refractivity contribution >= 4 is 11.9 Å². The number of unbranched alkanes of at least 4 members (excludes halogenated alkanes) is 2. The highest BCUT2D eigenvalue weighted by molar-refractivity contribution is 5.69.